The number of aromatic nitrogens is 1. The summed E-state index contributed by atoms with van der Waals surface area (Å²) < 4.78 is 0. The van der Waals surface area contributed by atoms with Gasteiger partial charge in [0.15, 0.2) is 5.82 Å². The molecule has 0 aliphatic heterocycles. The van der Waals surface area contributed by atoms with Gasteiger partial charge in [-0.15, -0.1) is 0 Å². The second-order valence-electron chi connectivity index (χ2n) is 2.86. The van der Waals surface area contributed by atoms with E-state index in [0.29, 0.717) is 22.9 Å². The van der Waals surface area contributed by atoms with Crippen molar-refractivity contribution >= 4 is 35.4 Å². The Morgan fingerprint density at radius 2 is 2.33 bits per heavy atom. The van der Waals surface area contributed by atoms with Gasteiger partial charge in [0.05, 0.1) is 10.7 Å². The molecule has 15 heavy (non-hydrogen) atoms. The molecule has 1 heterocycles. The Morgan fingerprint density at radius 1 is 1.67 bits per heavy atom. The lowest BCUT2D eigenvalue weighted by Crippen LogP contribution is -2.24. The molecule has 0 spiro atoms. The number of nitrogens with zero attached hydrogens (tertiary/aromatic N) is 2. The van der Waals surface area contributed by atoms with Crippen molar-refractivity contribution in [2.45, 2.75) is 6.92 Å². The first-order valence-corrected chi connectivity index (χ1v) is 4.54. The van der Waals surface area contributed by atoms with Crippen molar-refractivity contribution in [2.24, 2.45) is 0 Å². The number of pyridine rings is 1. The van der Waals surface area contributed by atoms with Gasteiger partial charge in [-0.3, -0.25) is 9.59 Å². The average Bonchev–Trinajstić information content (AvgIpc) is 2.20. The van der Waals surface area contributed by atoms with Crippen LogP contribution in [0.5, 0.6) is 0 Å². The van der Waals surface area contributed by atoms with Crippen LogP contribution in [0.1, 0.15) is 6.92 Å². The molecule has 0 aliphatic rings. The maximum absolute atomic E-state index is 11.2. The van der Waals surface area contributed by atoms with Crippen LogP contribution in [-0.4, -0.2) is 24.3 Å². The lowest BCUT2D eigenvalue weighted by Gasteiger charge is -2.17. The summed E-state index contributed by atoms with van der Waals surface area (Å²) in [5, 5.41) is 2.79. The van der Waals surface area contributed by atoms with Crippen molar-refractivity contribution < 1.29 is 9.59 Å². The van der Waals surface area contributed by atoms with Crippen LogP contribution in [0.15, 0.2) is 12.3 Å². The Hall–Kier alpha value is -1.62. The van der Waals surface area contributed by atoms with Crippen LogP contribution < -0.4 is 10.2 Å². The van der Waals surface area contributed by atoms with Crippen molar-refractivity contribution in [1.82, 2.24) is 4.98 Å². The highest BCUT2D eigenvalue weighted by atomic mass is 35.5. The first kappa shape index (κ1) is 11.5. The Bertz CT molecular complexity index is 395. The van der Waals surface area contributed by atoms with Crippen LogP contribution in [0.25, 0.3) is 0 Å². The molecule has 0 aliphatic carbocycles. The summed E-state index contributed by atoms with van der Waals surface area (Å²) in [5.41, 5.74) is 0.460. The standard InChI is InChI=1S/C9H10ClN3O2/c1-6(15)13(2)8-3-7(10)4-11-9(8)12-5-14/h3-5H,1-2H3,(H,11,12,14). The fraction of sp³-hybridized carbons (Fsp3) is 0.222. The van der Waals surface area contributed by atoms with Gasteiger partial charge in [0.25, 0.3) is 0 Å². The molecule has 5 nitrogen and oxygen atoms in total. The third-order valence-electron chi connectivity index (χ3n) is 1.86. The lowest BCUT2D eigenvalue weighted by molar-refractivity contribution is -0.116. The fourth-order valence-corrected chi connectivity index (χ4v) is 1.17. The summed E-state index contributed by atoms with van der Waals surface area (Å²) in [6, 6.07) is 1.56. The molecular formula is C9H10ClN3O2. The highest BCUT2D eigenvalue weighted by molar-refractivity contribution is 6.31. The van der Waals surface area contributed by atoms with Crippen LogP contribution >= 0.6 is 11.6 Å². The Labute approximate surface area is 92.0 Å². The van der Waals surface area contributed by atoms with Crippen molar-refractivity contribution in [3.05, 3.63) is 17.3 Å². The molecule has 80 valence electrons. The van der Waals surface area contributed by atoms with Crippen LogP contribution in [0.3, 0.4) is 0 Å². The zero-order valence-corrected chi connectivity index (χ0v) is 9.08. The molecule has 0 fully saturated rings. The van der Waals surface area contributed by atoms with Crippen LogP contribution in [0.2, 0.25) is 5.02 Å². The molecule has 0 saturated heterocycles. The smallest absolute Gasteiger partial charge is 0.223 e. The number of carbonyl (C=O) groups excluding carboxylic acids is 2. The van der Waals surface area contributed by atoms with E-state index in [1.165, 1.54) is 18.0 Å². The molecular weight excluding hydrogens is 218 g/mol. The molecule has 0 bridgehead atoms. The fourth-order valence-electron chi connectivity index (χ4n) is 1.02. The number of rotatable bonds is 3. The molecule has 2 amide bonds. The number of amides is 2. The topological polar surface area (TPSA) is 62.3 Å². The summed E-state index contributed by atoms with van der Waals surface area (Å²) in [6.07, 6.45) is 1.89. The van der Waals surface area contributed by atoms with Crippen LogP contribution in [0, 0.1) is 0 Å². The maximum Gasteiger partial charge on any atom is 0.223 e. The number of anilines is 2. The van der Waals surface area contributed by atoms with E-state index in [4.69, 9.17) is 11.6 Å². The first-order chi connectivity index (χ1) is 7.06. The predicted octanol–water partition coefficient (Wildman–Crippen LogP) is 1.29. The van der Waals surface area contributed by atoms with Gasteiger partial charge < -0.3 is 10.2 Å². The molecule has 0 saturated carbocycles. The minimum Gasteiger partial charge on any atom is -0.312 e. The first-order valence-electron chi connectivity index (χ1n) is 4.16. The number of nitrogens with one attached hydrogen (secondary N) is 1. The van der Waals surface area contributed by atoms with Gasteiger partial charge in [0, 0.05) is 20.2 Å². The minimum atomic E-state index is -0.173. The molecule has 1 aromatic rings. The van der Waals surface area contributed by atoms with Gasteiger partial charge in [-0.1, -0.05) is 11.6 Å². The zero-order chi connectivity index (χ0) is 11.4. The summed E-state index contributed by atoms with van der Waals surface area (Å²) in [6.45, 7) is 1.41. The molecule has 1 N–H and O–H groups in total. The third kappa shape index (κ3) is 2.66. The number of hydrogen-bond acceptors (Lipinski definition) is 3. The van der Waals surface area contributed by atoms with Gasteiger partial charge in [0.1, 0.15) is 0 Å². The predicted molar refractivity (Wildman–Crippen MR) is 58.0 cm³/mol. The molecule has 1 aromatic heterocycles. The van der Waals surface area contributed by atoms with Gasteiger partial charge in [0.2, 0.25) is 12.3 Å². The van der Waals surface area contributed by atoms with E-state index in [0.717, 1.165) is 0 Å². The van der Waals surface area contributed by atoms with E-state index < -0.39 is 0 Å². The summed E-state index contributed by atoms with van der Waals surface area (Å²) in [7, 11) is 1.58. The molecule has 0 aromatic carbocycles. The van der Waals surface area contributed by atoms with Crippen LogP contribution in [0.4, 0.5) is 11.5 Å². The minimum absolute atomic E-state index is 0.173. The Balaban J connectivity index is 3.17. The Morgan fingerprint density at radius 3 is 2.87 bits per heavy atom. The molecule has 1 rings (SSSR count). The molecule has 0 radical (unpaired) electrons. The molecule has 0 unspecified atom stereocenters. The normalized spacial score (nSPS) is 9.53. The quantitative estimate of drug-likeness (QED) is 0.792. The highest BCUT2D eigenvalue weighted by Crippen LogP contribution is 2.25. The van der Waals surface area contributed by atoms with Crippen LogP contribution in [-0.2, 0) is 9.59 Å². The summed E-state index contributed by atoms with van der Waals surface area (Å²) in [5.74, 6) is 0.125. The van der Waals surface area contributed by atoms with E-state index in [-0.39, 0.29) is 5.91 Å². The largest absolute Gasteiger partial charge is 0.312 e. The van der Waals surface area contributed by atoms with E-state index in [9.17, 15) is 9.59 Å². The third-order valence-corrected chi connectivity index (χ3v) is 2.07. The second kappa shape index (κ2) is 4.75. The van der Waals surface area contributed by atoms with E-state index >= 15 is 0 Å². The van der Waals surface area contributed by atoms with E-state index in [2.05, 4.69) is 10.3 Å². The molecule has 0 atom stereocenters. The van der Waals surface area contributed by atoms with Crippen molar-refractivity contribution in [3.8, 4) is 0 Å². The monoisotopic (exact) mass is 227 g/mol. The number of hydrogen-bond donors (Lipinski definition) is 1. The van der Waals surface area contributed by atoms with Gasteiger partial charge in [-0.05, 0) is 6.07 Å². The van der Waals surface area contributed by atoms with Crippen molar-refractivity contribution in [1.29, 1.82) is 0 Å². The highest BCUT2D eigenvalue weighted by Gasteiger charge is 2.12. The summed E-state index contributed by atoms with van der Waals surface area (Å²) in [4.78, 5) is 26.7. The van der Waals surface area contributed by atoms with Gasteiger partial charge >= 0.3 is 0 Å². The SMILES string of the molecule is CC(=O)N(C)c1cc(Cl)cnc1NC=O. The number of halogens is 1. The van der Waals surface area contributed by atoms with Gasteiger partial charge in [-0.2, -0.15) is 0 Å². The van der Waals surface area contributed by atoms with Gasteiger partial charge in [-0.25, -0.2) is 4.98 Å². The summed E-state index contributed by atoms with van der Waals surface area (Å²) >= 11 is 5.75. The second-order valence-corrected chi connectivity index (χ2v) is 3.30. The number of carbonyl (C=O) groups is 2. The van der Waals surface area contributed by atoms with Crippen molar-refractivity contribution in [3.63, 3.8) is 0 Å². The van der Waals surface area contributed by atoms with E-state index in [1.807, 2.05) is 0 Å². The Kier molecular flexibility index (Phi) is 3.62. The van der Waals surface area contributed by atoms with Crippen molar-refractivity contribution in [2.75, 3.05) is 17.3 Å². The van der Waals surface area contributed by atoms with E-state index in [1.54, 1.807) is 13.1 Å². The molecule has 6 heteroatoms. The lowest BCUT2D eigenvalue weighted by atomic mass is 10.3. The zero-order valence-electron chi connectivity index (χ0n) is 8.32. The average molecular weight is 228 g/mol. The maximum atomic E-state index is 11.2.